The van der Waals surface area contributed by atoms with Crippen molar-refractivity contribution in [3.05, 3.63) is 95.1 Å². The summed E-state index contributed by atoms with van der Waals surface area (Å²) in [5.41, 5.74) is 2.70. The maximum absolute atomic E-state index is 14.4. The van der Waals surface area contributed by atoms with Crippen LogP contribution in [0.5, 0.6) is 0 Å². The quantitative estimate of drug-likeness (QED) is 0.575. The number of nitrogens with one attached hydrogen (secondary N) is 1. The number of rotatable bonds is 3. The van der Waals surface area contributed by atoms with E-state index in [-0.39, 0.29) is 18.0 Å². The minimum atomic E-state index is -1.28. The Hall–Kier alpha value is -3.39. The van der Waals surface area contributed by atoms with E-state index in [1.54, 1.807) is 36.4 Å². The number of anilines is 2. The smallest absolute Gasteiger partial charge is 0.308 e. The molecule has 0 saturated carbocycles. The van der Waals surface area contributed by atoms with E-state index in [4.69, 9.17) is 0 Å². The van der Waals surface area contributed by atoms with Crippen LogP contribution in [0.3, 0.4) is 0 Å². The normalized spacial score (nSPS) is 19.3. The van der Waals surface area contributed by atoms with Gasteiger partial charge < -0.3 is 10.2 Å². The fraction of sp³-hybridized carbons (Fsp3) is 0.200. The second-order valence-corrected chi connectivity index (χ2v) is 9.34. The predicted octanol–water partition coefficient (Wildman–Crippen LogP) is 5.25. The van der Waals surface area contributed by atoms with Crippen molar-refractivity contribution in [3.8, 4) is 0 Å². The maximum Gasteiger partial charge on any atom is 0.323 e. The Morgan fingerprint density at radius 2 is 1.73 bits per heavy atom. The van der Waals surface area contributed by atoms with E-state index in [9.17, 15) is 18.4 Å². The molecule has 3 aromatic carbocycles. The first-order chi connectivity index (χ1) is 15.9. The van der Waals surface area contributed by atoms with Crippen LogP contribution in [0, 0.1) is 18.6 Å². The standard InChI is InChI=1S/C25H21F2N3O2S/c1-16-9-11-17(12-10-16)28-24(32)30-13-14-33-25(30)19-5-2-3-8-22(19)29(23(25)31)15-18-20(26)6-4-7-21(18)27/h2-12H,13-15H2,1H3,(H,28,32). The molecule has 1 spiro atoms. The first kappa shape index (κ1) is 21.5. The Morgan fingerprint density at radius 1 is 1.03 bits per heavy atom. The van der Waals surface area contributed by atoms with Crippen LogP contribution in [0.15, 0.2) is 66.7 Å². The van der Waals surface area contributed by atoms with Crippen molar-refractivity contribution in [1.29, 1.82) is 0 Å². The third-order valence-corrected chi connectivity index (χ3v) is 7.45. The van der Waals surface area contributed by atoms with Crippen molar-refractivity contribution in [2.75, 3.05) is 22.5 Å². The van der Waals surface area contributed by atoms with Gasteiger partial charge in [0.2, 0.25) is 0 Å². The van der Waals surface area contributed by atoms with E-state index in [0.717, 1.165) is 5.56 Å². The summed E-state index contributed by atoms with van der Waals surface area (Å²) in [6, 6.07) is 17.8. The monoisotopic (exact) mass is 465 g/mol. The lowest BCUT2D eigenvalue weighted by Gasteiger charge is -2.33. The second kappa shape index (κ2) is 8.19. The number of carbonyl (C=O) groups excluding carboxylic acids is 2. The van der Waals surface area contributed by atoms with Gasteiger partial charge >= 0.3 is 6.03 Å². The zero-order valence-corrected chi connectivity index (χ0v) is 18.7. The molecule has 1 atom stereocenters. The first-order valence-corrected chi connectivity index (χ1v) is 11.5. The number of aryl methyl sites for hydroxylation is 1. The molecule has 1 saturated heterocycles. The fourth-order valence-electron chi connectivity index (χ4n) is 4.39. The van der Waals surface area contributed by atoms with Gasteiger partial charge in [0.15, 0.2) is 4.87 Å². The van der Waals surface area contributed by atoms with Crippen LogP contribution in [0.1, 0.15) is 16.7 Å². The Balaban J connectivity index is 1.52. The molecule has 33 heavy (non-hydrogen) atoms. The minimum absolute atomic E-state index is 0.184. The van der Waals surface area contributed by atoms with Crippen LogP contribution in [0.4, 0.5) is 25.0 Å². The molecule has 5 rings (SSSR count). The zero-order chi connectivity index (χ0) is 23.2. The summed E-state index contributed by atoms with van der Waals surface area (Å²) in [7, 11) is 0. The van der Waals surface area contributed by atoms with Crippen LogP contribution in [-0.2, 0) is 16.2 Å². The van der Waals surface area contributed by atoms with Crippen LogP contribution in [-0.4, -0.2) is 29.1 Å². The number of fused-ring (bicyclic) bond motifs is 2. The Bertz CT molecular complexity index is 1230. The van der Waals surface area contributed by atoms with Crippen molar-refractivity contribution in [2.45, 2.75) is 18.3 Å². The summed E-state index contributed by atoms with van der Waals surface area (Å²) in [6.45, 7) is 2.06. The Morgan fingerprint density at radius 3 is 2.45 bits per heavy atom. The lowest BCUT2D eigenvalue weighted by molar-refractivity contribution is -0.123. The number of carbonyl (C=O) groups is 2. The van der Waals surface area contributed by atoms with E-state index in [1.165, 1.54) is 39.8 Å². The topological polar surface area (TPSA) is 52.7 Å². The molecule has 1 fully saturated rings. The van der Waals surface area contributed by atoms with E-state index >= 15 is 0 Å². The van der Waals surface area contributed by atoms with Gasteiger partial charge in [0.1, 0.15) is 11.6 Å². The summed E-state index contributed by atoms with van der Waals surface area (Å²) in [5.74, 6) is -1.25. The molecule has 2 aliphatic rings. The molecular formula is C25H21F2N3O2S. The van der Waals surface area contributed by atoms with Gasteiger partial charge in [-0.25, -0.2) is 13.6 Å². The summed E-state index contributed by atoms with van der Waals surface area (Å²) in [4.78, 5) is 28.8. The van der Waals surface area contributed by atoms with E-state index in [2.05, 4.69) is 5.32 Å². The fourth-order valence-corrected chi connectivity index (χ4v) is 5.86. The molecule has 0 aliphatic carbocycles. The number of halogens is 2. The zero-order valence-electron chi connectivity index (χ0n) is 17.8. The van der Waals surface area contributed by atoms with Gasteiger partial charge in [0, 0.05) is 29.1 Å². The third-order valence-electron chi connectivity index (χ3n) is 6.03. The predicted molar refractivity (Wildman–Crippen MR) is 125 cm³/mol. The number of hydrogen-bond acceptors (Lipinski definition) is 3. The van der Waals surface area contributed by atoms with Crippen LogP contribution in [0.2, 0.25) is 0 Å². The third kappa shape index (κ3) is 3.45. The number of amides is 3. The average molecular weight is 466 g/mol. The highest BCUT2D eigenvalue weighted by Gasteiger charge is 2.59. The van der Waals surface area contributed by atoms with Crippen molar-refractivity contribution < 1.29 is 18.4 Å². The second-order valence-electron chi connectivity index (χ2n) is 8.05. The number of nitrogens with zero attached hydrogens (tertiary/aromatic N) is 2. The number of benzene rings is 3. The Kier molecular flexibility index (Phi) is 5.32. The molecule has 3 amide bonds. The molecule has 168 valence electrons. The first-order valence-electron chi connectivity index (χ1n) is 10.6. The molecule has 2 aliphatic heterocycles. The lowest BCUT2D eigenvalue weighted by atomic mass is 10.1. The highest BCUT2D eigenvalue weighted by atomic mass is 32.2. The molecule has 0 bridgehead atoms. The van der Waals surface area contributed by atoms with Crippen molar-refractivity contribution in [1.82, 2.24) is 4.90 Å². The molecule has 8 heteroatoms. The Labute approximate surface area is 194 Å². The minimum Gasteiger partial charge on any atom is -0.308 e. The molecular weight excluding hydrogens is 444 g/mol. The molecule has 2 heterocycles. The lowest BCUT2D eigenvalue weighted by Crippen LogP contribution is -2.51. The van der Waals surface area contributed by atoms with Gasteiger partial charge in [-0.2, -0.15) is 0 Å². The van der Waals surface area contributed by atoms with Crippen LogP contribution < -0.4 is 10.2 Å². The van der Waals surface area contributed by atoms with Gasteiger partial charge in [0.05, 0.1) is 12.2 Å². The number of thioether (sulfide) groups is 1. The highest BCUT2D eigenvalue weighted by molar-refractivity contribution is 8.01. The molecule has 1 unspecified atom stereocenters. The molecule has 5 nitrogen and oxygen atoms in total. The summed E-state index contributed by atoms with van der Waals surface area (Å²) >= 11 is 1.36. The summed E-state index contributed by atoms with van der Waals surface area (Å²) in [5, 5.41) is 2.88. The average Bonchev–Trinajstić information content (AvgIpc) is 3.35. The highest BCUT2D eigenvalue weighted by Crippen LogP contribution is 2.54. The summed E-state index contributed by atoms with van der Waals surface area (Å²) < 4.78 is 28.8. The van der Waals surface area contributed by atoms with E-state index in [1.807, 2.05) is 19.1 Å². The van der Waals surface area contributed by atoms with Gasteiger partial charge in [-0.3, -0.25) is 9.69 Å². The van der Waals surface area contributed by atoms with E-state index in [0.29, 0.717) is 29.2 Å². The van der Waals surface area contributed by atoms with Crippen LogP contribution >= 0.6 is 11.8 Å². The molecule has 0 aromatic heterocycles. The van der Waals surface area contributed by atoms with Gasteiger partial charge in [0.25, 0.3) is 5.91 Å². The maximum atomic E-state index is 14.4. The van der Waals surface area contributed by atoms with E-state index < -0.39 is 22.5 Å². The van der Waals surface area contributed by atoms with Crippen LogP contribution in [0.25, 0.3) is 0 Å². The molecule has 0 radical (unpaired) electrons. The molecule has 3 aromatic rings. The SMILES string of the molecule is Cc1ccc(NC(=O)N2CCSC23C(=O)N(Cc2c(F)cccc2F)c2ccccc23)cc1. The number of para-hydroxylation sites is 1. The van der Waals surface area contributed by atoms with Crippen molar-refractivity contribution in [2.24, 2.45) is 0 Å². The number of hydrogen-bond donors (Lipinski definition) is 1. The molecule has 1 N–H and O–H groups in total. The largest absolute Gasteiger partial charge is 0.323 e. The number of urea groups is 1. The van der Waals surface area contributed by atoms with Crippen molar-refractivity contribution in [3.63, 3.8) is 0 Å². The van der Waals surface area contributed by atoms with Gasteiger partial charge in [-0.05, 0) is 37.3 Å². The van der Waals surface area contributed by atoms with Gasteiger partial charge in [-0.1, -0.05) is 42.0 Å². The van der Waals surface area contributed by atoms with Gasteiger partial charge in [-0.15, -0.1) is 11.8 Å². The van der Waals surface area contributed by atoms with Crippen molar-refractivity contribution >= 4 is 35.1 Å². The summed E-state index contributed by atoms with van der Waals surface area (Å²) in [6.07, 6.45) is 0.